The van der Waals surface area contributed by atoms with E-state index in [4.69, 9.17) is 0 Å². The van der Waals surface area contributed by atoms with Gasteiger partial charge in [-0.25, -0.2) is 0 Å². The van der Waals surface area contributed by atoms with Crippen LogP contribution < -0.4 is 0 Å². The van der Waals surface area contributed by atoms with Crippen LogP contribution in [0.3, 0.4) is 0 Å². The van der Waals surface area contributed by atoms with Crippen molar-refractivity contribution in [2.24, 2.45) is 5.92 Å². The molecule has 1 heteroatoms. The summed E-state index contributed by atoms with van der Waals surface area (Å²) in [5, 5.41) is 10.2. The van der Waals surface area contributed by atoms with Gasteiger partial charge in [0.15, 0.2) is 0 Å². The van der Waals surface area contributed by atoms with Crippen molar-refractivity contribution < 1.29 is 5.11 Å². The summed E-state index contributed by atoms with van der Waals surface area (Å²) in [5.74, 6) is 0.529. The predicted octanol–water partition coefficient (Wildman–Crippen LogP) is 3.28. The van der Waals surface area contributed by atoms with E-state index in [0.717, 1.165) is 12.8 Å². The van der Waals surface area contributed by atoms with Gasteiger partial charge in [-0.05, 0) is 38.5 Å². The van der Waals surface area contributed by atoms with Crippen LogP contribution in [-0.2, 0) is 0 Å². The Balaban J connectivity index is 2.40. The molecule has 0 aromatic heterocycles. The fraction of sp³-hybridized carbons (Fsp3) is 0.833. The second-order valence-corrected chi connectivity index (χ2v) is 4.52. The standard InChI is InChI=1S/C12H22O/c1-3-4-10-12(2,13)11-8-6-5-7-9-11/h3,11,13H,1,4-10H2,2H3. The summed E-state index contributed by atoms with van der Waals surface area (Å²) in [6.45, 7) is 5.69. The quantitative estimate of drug-likeness (QED) is 0.661. The minimum Gasteiger partial charge on any atom is -0.390 e. The van der Waals surface area contributed by atoms with Gasteiger partial charge >= 0.3 is 0 Å². The third-order valence-corrected chi connectivity index (χ3v) is 3.34. The highest BCUT2D eigenvalue weighted by Gasteiger charge is 2.31. The fourth-order valence-electron chi connectivity index (χ4n) is 2.32. The molecule has 1 aliphatic carbocycles. The van der Waals surface area contributed by atoms with Gasteiger partial charge in [0.1, 0.15) is 0 Å². The molecule has 76 valence electrons. The first kappa shape index (κ1) is 10.8. The Morgan fingerprint density at radius 1 is 1.38 bits per heavy atom. The van der Waals surface area contributed by atoms with Gasteiger partial charge in [-0.15, -0.1) is 6.58 Å². The SMILES string of the molecule is C=CCCC(C)(O)C1CCCCC1. The molecule has 1 nitrogen and oxygen atoms in total. The largest absolute Gasteiger partial charge is 0.390 e. The minimum atomic E-state index is -0.450. The molecule has 0 aliphatic heterocycles. The lowest BCUT2D eigenvalue weighted by molar-refractivity contribution is -0.0226. The Labute approximate surface area is 81.9 Å². The van der Waals surface area contributed by atoms with E-state index >= 15 is 0 Å². The molecule has 1 rings (SSSR count). The van der Waals surface area contributed by atoms with Crippen LogP contribution in [0.4, 0.5) is 0 Å². The minimum absolute atomic E-state index is 0.450. The number of hydrogen-bond donors (Lipinski definition) is 1. The molecule has 1 aliphatic rings. The normalized spacial score (nSPS) is 23.8. The molecule has 0 heterocycles. The van der Waals surface area contributed by atoms with Gasteiger partial charge in [0.05, 0.1) is 5.60 Å². The smallest absolute Gasteiger partial charge is 0.0650 e. The average molecular weight is 182 g/mol. The highest BCUT2D eigenvalue weighted by atomic mass is 16.3. The van der Waals surface area contributed by atoms with E-state index in [2.05, 4.69) is 6.58 Å². The Hall–Kier alpha value is -0.300. The number of allylic oxidation sites excluding steroid dienone is 1. The van der Waals surface area contributed by atoms with Crippen molar-refractivity contribution in [3.8, 4) is 0 Å². The van der Waals surface area contributed by atoms with Crippen LogP contribution in [0.2, 0.25) is 0 Å². The maximum absolute atomic E-state index is 10.2. The summed E-state index contributed by atoms with van der Waals surface area (Å²) in [4.78, 5) is 0. The van der Waals surface area contributed by atoms with Crippen LogP contribution in [0.1, 0.15) is 51.9 Å². The van der Waals surface area contributed by atoms with Crippen molar-refractivity contribution in [2.45, 2.75) is 57.5 Å². The molecule has 1 fully saturated rings. The first-order valence-electron chi connectivity index (χ1n) is 5.50. The third kappa shape index (κ3) is 3.15. The van der Waals surface area contributed by atoms with E-state index in [1.165, 1.54) is 32.1 Å². The number of aliphatic hydroxyl groups is 1. The van der Waals surface area contributed by atoms with Crippen LogP contribution >= 0.6 is 0 Å². The fourth-order valence-corrected chi connectivity index (χ4v) is 2.32. The molecule has 1 saturated carbocycles. The molecule has 1 N–H and O–H groups in total. The first-order valence-corrected chi connectivity index (χ1v) is 5.50. The number of rotatable bonds is 4. The summed E-state index contributed by atoms with van der Waals surface area (Å²) in [7, 11) is 0. The van der Waals surface area contributed by atoms with Gasteiger partial charge in [-0.2, -0.15) is 0 Å². The molecular weight excluding hydrogens is 160 g/mol. The Bertz CT molecular complexity index is 155. The van der Waals surface area contributed by atoms with Gasteiger partial charge in [-0.3, -0.25) is 0 Å². The maximum Gasteiger partial charge on any atom is 0.0650 e. The van der Waals surface area contributed by atoms with E-state index in [1.54, 1.807) is 0 Å². The molecule has 1 unspecified atom stereocenters. The average Bonchev–Trinajstić information content (AvgIpc) is 2.16. The Morgan fingerprint density at radius 2 is 2.00 bits per heavy atom. The van der Waals surface area contributed by atoms with E-state index in [0.29, 0.717) is 5.92 Å². The van der Waals surface area contributed by atoms with Crippen molar-refractivity contribution in [1.82, 2.24) is 0 Å². The maximum atomic E-state index is 10.2. The van der Waals surface area contributed by atoms with Gasteiger partial charge < -0.3 is 5.11 Å². The van der Waals surface area contributed by atoms with Crippen molar-refractivity contribution in [3.05, 3.63) is 12.7 Å². The molecular formula is C12H22O. The second-order valence-electron chi connectivity index (χ2n) is 4.52. The molecule has 0 spiro atoms. The topological polar surface area (TPSA) is 20.2 Å². The highest BCUT2D eigenvalue weighted by Crippen LogP contribution is 2.35. The van der Waals surface area contributed by atoms with Gasteiger partial charge in [0, 0.05) is 0 Å². The van der Waals surface area contributed by atoms with Crippen LogP contribution in [0.25, 0.3) is 0 Å². The molecule has 0 saturated heterocycles. The summed E-state index contributed by atoms with van der Waals surface area (Å²) in [6, 6.07) is 0. The molecule has 0 bridgehead atoms. The zero-order valence-electron chi connectivity index (χ0n) is 8.76. The Morgan fingerprint density at radius 3 is 2.54 bits per heavy atom. The summed E-state index contributed by atoms with van der Waals surface area (Å²) in [6.07, 6.45) is 10.1. The third-order valence-electron chi connectivity index (χ3n) is 3.34. The van der Waals surface area contributed by atoms with Crippen molar-refractivity contribution >= 4 is 0 Å². The van der Waals surface area contributed by atoms with E-state index in [9.17, 15) is 5.11 Å². The van der Waals surface area contributed by atoms with Crippen LogP contribution in [0.15, 0.2) is 12.7 Å². The summed E-state index contributed by atoms with van der Waals surface area (Å²) >= 11 is 0. The molecule has 0 amide bonds. The Kier molecular flexibility index (Phi) is 3.98. The lowest BCUT2D eigenvalue weighted by Crippen LogP contribution is -2.35. The number of hydrogen-bond acceptors (Lipinski definition) is 1. The van der Waals surface area contributed by atoms with Crippen molar-refractivity contribution in [2.75, 3.05) is 0 Å². The zero-order valence-corrected chi connectivity index (χ0v) is 8.76. The van der Waals surface area contributed by atoms with Crippen LogP contribution in [0, 0.1) is 5.92 Å². The van der Waals surface area contributed by atoms with E-state index in [-0.39, 0.29) is 0 Å². The van der Waals surface area contributed by atoms with Crippen LogP contribution in [-0.4, -0.2) is 10.7 Å². The lowest BCUT2D eigenvalue weighted by atomic mass is 9.76. The molecule has 0 radical (unpaired) electrons. The van der Waals surface area contributed by atoms with Crippen LogP contribution in [0.5, 0.6) is 0 Å². The highest BCUT2D eigenvalue weighted by molar-refractivity contribution is 4.86. The van der Waals surface area contributed by atoms with E-state index < -0.39 is 5.60 Å². The molecule has 1 atom stereocenters. The van der Waals surface area contributed by atoms with E-state index in [1.807, 2.05) is 13.0 Å². The van der Waals surface area contributed by atoms with Gasteiger partial charge in [0.2, 0.25) is 0 Å². The van der Waals surface area contributed by atoms with Crippen molar-refractivity contribution in [1.29, 1.82) is 0 Å². The second kappa shape index (κ2) is 4.80. The van der Waals surface area contributed by atoms with Crippen molar-refractivity contribution in [3.63, 3.8) is 0 Å². The summed E-state index contributed by atoms with van der Waals surface area (Å²) < 4.78 is 0. The molecule has 0 aromatic carbocycles. The summed E-state index contributed by atoms with van der Waals surface area (Å²) in [5.41, 5.74) is -0.450. The lowest BCUT2D eigenvalue weighted by Gasteiger charge is -2.35. The molecule has 13 heavy (non-hydrogen) atoms. The monoisotopic (exact) mass is 182 g/mol. The van der Waals surface area contributed by atoms with Gasteiger partial charge in [-0.1, -0.05) is 25.3 Å². The molecule has 0 aromatic rings. The predicted molar refractivity (Wildman–Crippen MR) is 56.6 cm³/mol. The first-order chi connectivity index (χ1) is 6.17. The zero-order chi connectivity index (χ0) is 9.73. The van der Waals surface area contributed by atoms with Gasteiger partial charge in [0.25, 0.3) is 0 Å².